The summed E-state index contributed by atoms with van der Waals surface area (Å²) in [5.41, 5.74) is 6.51. The topological polar surface area (TPSA) is 53.7 Å². The maximum Gasteiger partial charge on any atom is 0.164 e. The third-order valence-electron chi connectivity index (χ3n) is 2.26. The zero-order chi connectivity index (χ0) is 12.7. The van der Waals surface area contributed by atoms with Crippen LogP contribution in [0.15, 0.2) is 12.1 Å². The van der Waals surface area contributed by atoms with Gasteiger partial charge in [0.2, 0.25) is 0 Å². The lowest BCUT2D eigenvalue weighted by Crippen LogP contribution is -2.09. The molecule has 0 unspecified atom stereocenters. The number of methoxy groups -OCH3 is 2. The van der Waals surface area contributed by atoms with Crippen molar-refractivity contribution in [2.24, 2.45) is 5.73 Å². The number of hydrogen-bond acceptors (Lipinski definition) is 4. The Bertz CT molecular complexity index is 358. The third-order valence-corrected chi connectivity index (χ3v) is 2.48. The summed E-state index contributed by atoms with van der Waals surface area (Å²) < 4.78 is 15.8. The minimum absolute atomic E-state index is 0.464. The van der Waals surface area contributed by atoms with Gasteiger partial charge in [-0.05, 0) is 19.0 Å². The Labute approximate surface area is 107 Å². The minimum Gasteiger partial charge on any atom is -0.493 e. The van der Waals surface area contributed by atoms with Gasteiger partial charge in [-0.3, -0.25) is 0 Å². The Kier molecular flexibility index (Phi) is 6.11. The maximum absolute atomic E-state index is 6.00. The van der Waals surface area contributed by atoms with Crippen LogP contribution in [0.25, 0.3) is 0 Å². The van der Waals surface area contributed by atoms with Crippen LogP contribution in [0.2, 0.25) is 5.02 Å². The van der Waals surface area contributed by atoms with Gasteiger partial charge in [-0.1, -0.05) is 11.6 Å². The number of rotatable bonds is 7. The van der Waals surface area contributed by atoms with E-state index in [0.29, 0.717) is 42.7 Å². The summed E-state index contributed by atoms with van der Waals surface area (Å²) in [4.78, 5) is 0. The van der Waals surface area contributed by atoms with E-state index < -0.39 is 0 Å². The van der Waals surface area contributed by atoms with Gasteiger partial charge in [0.15, 0.2) is 11.5 Å². The van der Waals surface area contributed by atoms with Crippen LogP contribution in [-0.4, -0.2) is 34.0 Å². The highest BCUT2D eigenvalue weighted by atomic mass is 35.5. The van der Waals surface area contributed by atoms with Gasteiger partial charge in [0.1, 0.15) is 6.61 Å². The quantitative estimate of drug-likeness (QED) is 0.760. The van der Waals surface area contributed by atoms with Gasteiger partial charge >= 0.3 is 0 Å². The highest BCUT2D eigenvalue weighted by molar-refractivity contribution is 6.30. The number of ether oxygens (including phenoxy) is 3. The zero-order valence-corrected chi connectivity index (χ0v) is 10.9. The second-order valence-electron chi connectivity index (χ2n) is 3.48. The molecule has 17 heavy (non-hydrogen) atoms. The molecule has 0 aliphatic rings. The molecule has 2 N–H and O–H groups in total. The molecule has 0 spiro atoms. The second-order valence-corrected chi connectivity index (χ2v) is 3.91. The van der Waals surface area contributed by atoms with Crippen molar-refractivity contribution in [2.75, 3.05) is 34.0 Å². The smallest absolute Gasteiger partial charge is 0.164 e. The fraction of sp³-hybridized carbons (Fsp3) is 0.500. The first-order chi connectivity index (χ1) is 8.22. The van der Waals surface area contributed by atoms with Crippen LogP contribution in [0.4, 0.5) is 0 Å². The average molecular weight is 260 g/mol. The van der Waals surface area contributed by atoms with E-state index in [2.05, 4.69) is 0 Å². The van der Waals surface area contributed by atoms with Crippen molar-refractivity contribution >= 4 is 11.6 Å². The Balaban J connectivity index is 2.94. The maximum atomic E-state index is 6.00. The summed E-state index contributed by atoms with van der Waals surface area (Å²) in [6, 6.07) is 3.57. The van der Waals surface area contributed by atoms with Crippen molar-refractivity contribution in [2.45, 2.75) is 6.42 Å². The Morgan fingerprint density at radius 1 is 1.24 bits per heavy atom. The van der Waals surface area contributed by atoms with Gasteiger partial charge in [0, 0.05) is 23.8 Å². The lowest BCUT2D eigenvalue weighted by atomic mass is 10.1. The molecule has 5 heteroatoms. The van der Waals surface area contributed by atoms with Gasteiger partial charge in [-0.15, -0.1) is 0 Å². The monoisotopic (exact) mass is 259 g/mol. The molecule has 1 aromatic rings. The summed E-state index contributed by atoms with van der Waals surface area (Å²) in [6.07, 6.45) is 0.694. The average Bonchev–Trinajstić information content (AvgIpc) is 2.31. The molecule has 0 bridgehead atoms. The van der Waals surface area contributed by atoms with E-state index in [0.717, 1.165) is 5.56 Å². The molecule has 1 aromatic carbocycles. The predicted octanol–water partition coefficient (Wildman–Crippen LogP) is 1.88. The molecular weight excluding hydrogens is 242 g/mol. The number of hydrogen-bond donors (Lipinski definition) is 1. The molecule has 96 valence electrons. The molecule has 0 amide bonds. The van der Waals surface area contributed by atoms with Crippen LogP contribution in [0, 0.1) is 0 Å². The van der Waals surface area contributed by atoms with Gasteiger partial charge in [-0.25, -0.2) is 0 Å². The first-order valence-electron chi connectivity index (χ1n) is 5.41. The summed E-state index contributed by atoms with van der Waals surface area (Å²) in [5, 5.41) is 0.615. The van der Waals surface area contributed by atoms with E-state index in [-0.39, 0.29) is 0 Å². The molecule has 0 heterocycles. The predicted molar refractivity (Wildman–Crippen MR) is 68.1 cm³/mol. The lowest BCUT2D eigenvalue weighted by molar-refractivity contribution is 0.143. The standard InChI is InChI=1S/C12H18ClNO3/c1-15-5-6-17-12-9(3-4-14)7-10(13)8-11(12)16-2/h7-8H,3-6,14H2,1-2H3. The highest BCUT2D eigenvalue weighted by Crippen LogP contribution is 2.34. The van der Waals surface area contributed by atoms with Crippen LogP contribution in [0.1, 0.15) is 5.56 Å². The van der Waals surface area contributed by atoms with Gasteiger partial charge < -0.3 is 19.9 Å². The molecule has 0 saturated heterocycles. The van der Waals surface area contributed by atoms with Crippen LogP contribution >= 0.6 is 11.6 Å². The molecular formula is C12H18ClNO3. The summed E-state index contributed by atoms with van der Waals surface area (Å²) in [7, 11) is 3.21. The molecule has 0 aromatic heterocycles. The molecule has 0 aliphatic heterocycles. The third kappa shape index (κ3) is 4.07. The largest absolute Gasteiger partial charge is 0.493 e. The second kappa shape index (κ2) is 7.37. The van der Waals surface area contributed by atoms with E-state index >= 15 is 0 Å². The van der Waals surface area contributed by atoms with Crippen molar-refractivity contribution in [3.05, 3.63) is 22.7 Å². The van der Waals surface area contributed by atoms with Crippen LogP contribution < -0.4 is 15.2 Å². The van der Waals surface area contributed by atoms with Crippen molar-refractivity contribution in [1.82, 2.24) is 0 Å². The highest BCUT2D eigenvalue weighted by Gasteiger charge is 2.12. The zero-order valence-electron chi connectivity index (χ0n) is 10.2. The van der Waals surface area contributed by atoms with Crippen LogP contribution in [0.5, 0.6) is 11.5 Å². The number of halogens is 1. The first-order valence-corrected chi connectivity index (χ1v) is 5.79. The van der Waals surface area contributed by atoms with Crippen LogP contribution in [0.3, 0.4) is 0 Å². The SMILES string of the molecule is COCCOc1c(CCN)cc(Cl)cc1OC. The fourth-order valence-corrected chi connectivity index (χ4v) is 1.74. The van der Waals surface area contributed by atoms with E-state index in [1.165, 1.54) is 0 Å². The van der Waals surface area contributed by atoms with Crippen molar-refractivity contribution in [3.63, 3.8) is 0 Å². The van der Waals surface area contributed by atoms with Crippen LogP contribution in [-0.2, 0) is 11.2 Å². The van der Waals surface area contributed by atoms with E-state index in [9.17, 15) is 0 Å². The molecule has 0 radical (unpaired) electrons. The van der Waals surface area contributed by atoms with E-state index in [1.54, 1.807) is 20.3 Å². The summed E-state index contributed by atoms with van der Waals surface area (Å²) in [6.45, 7) is 1.52. The molecule has 0 saturated carbocycles. The Morgan fingerprint density at radius 3 is 2.59 bits per heavy atom. The van der Waals surface area contributed by atoms with Crippen molar-refractivity contribution < 1.29 is 14.2 Å². The molecule has 0 fully saturated rings. The molecule has 0 aliphatic carbocycles. The Morgan fingerprint density at radius 2 is 2.00 bits per heavy atom. The first kappa shape index (κ1) is 14.1. The molecule has 4 nitrogen and oxygen atoms in total. The minimum atomic E-state index is 0.464. The molecule has 1 rings (SSSR count). The normalized spacial score (nSPS) is 10.4. The van der Waals surface area contributed by atoms with Crippen molar-refractivity contribution in [1.29, 1.82) is 0 Å². The van der Waals surface area contributed by atoms with E-state index in [1.807, 2.05) is 6.07 Å². The van der Waals surface area contributed by atoms with Gasteiger partial charge in [0.05, 0.1) is 13.7 Å². The summed E-state index contributed by atoms with van der Waals surface area (Å²) in [5.74, 6) is 1.32. The number of benzene rings is 1. The Hall–Kier alpha value is -0.970. The van der Waals surface area contributed by atoms with Gasteiger partial charge in [0.25, 0.3) is 0 Å². The fourth-order valence-electron chi connectivity index (χ4n) is 1.51. The number of nitrogens with two attached hydrogens (primary N) is 1. The van der Waals surface area contributed by atoms with E-state index in [4.69, 9.17) is 31.5 Å². The summed E-state index contributed by atoms with van der Waals surface area (Å²) >= 11 is 6.00. The lowest BCUT2D eigenvalue weighted by Gasteiger charge is -2.15. The van der Waals surface area contributed by atoms with Gasteiger partial charge in [-0.2, -0.15) is 0 Å². The molecule has 0 atom stereocenters. The van der Waals surface area contributed by atoms with Crippen molar-refractivity contribution in [3.8, 4) is 11.5 Å².